The van der Waals surface area contributed by atoms with Gasteiger partial charge in [0.2, 0.25) is 0 Å². The van der Waals surface area contributed by atoms with Gasteiger partial charge in [0.1, 0.15) is 17.2 Å². The van der Waals surface area contributed by atoms with Crippen molar-refractivity contribution in [1.82, 2.24) is 20.3 Å². The molecule has 3 aromatic rings. The number of nitrogens with one attached hydrogen (secondary N) is 2. The summed E-state index contributed by atoms with van der Waals surface area (Å²) in [6, 6.07) is 14.4. The van der Waals surface area contributed by atoms with Gasteiger partial charge < -0.3 is 20.5 Å². The summed E-state index contributed by atoms with van der Waals surface area (Å²) in [5.41, 5.74) is 7.81. The predicted molar refractivity (Wildman–Crippen MR) is 134 cm³/mol. The van der Waals surface area contributed by atoms with Gasteiger partial charge in [-0.1, -0.05) is 18.2 Å². The molecule has 0 spiro atoms. The van der Waals surface area contributed by atoms with Gasteiger partial charge in [0, 0.05) is 18.0 Å². The van der Waals surface area contributed by atoms with E-state index in [4.69, 9.17) is 20.6 Å². The number of hydrogen-bond acceptors (Lipinski definition) is 7. The molecule has 0 saturated carbocycles. The first-order chi connectivity index (χ1) is 17.0. The normalized spacial score (nSPS) is 16.7. The Bertz CT molecular complexity index is 1300. The second-order valence-electron chi connectivity index (χ2n) is 9.66. The Morgan fingerprint density at radius 1 is 1.17 bits per heavy atom. The first-order valence-electron chi connectivity index (χ1n) is 11.7. The van der Waals surface area contributed by atoms with Crippen molar-refractivity contribution in [1.29, 1.82) is 5.41 Å². The minimum atomic E-state index is -0.688. The number of nitrogens with zero attached hydrogens (tertiary/aromatic N) is 3. The number of benzene rings is 2. The van der Waals surface area contributed by atoms with Crippen molar-refractivity contribution in [2.45, 2.75) is 51.7 Å². The number of carbonyl (C=O) groups excluding carboxylic acids is 2. The minimum Gasteiger partial charge on any atom is -0.482 e. The van der Waals surface area contributed by atoms with Gasteiger partial charge in [-0.25, -0.2) is 4.79 Å². The summed E-state index contributed by atoms with van der Waals surface area (Å²) >= 11 is 0. The van der Waals surface area contributed by atoms with Crippen LogP contribution >= 0.6 is 0 Å². The Kier molecular flexibility index (Phi) is 6.78. The highest BCUT2D eigenvalue weighted by atomic mass is 16.6. The van der Waals surface area contributed by atoms with Crippen molar-refractivity contribution in [2.75, 3.05) is 6.54 Å². The quantitative estimate of drug-likeness (QED) is 0.262. The average molecular weight is 491 g/mol. The molecule has 188 valence electrons. The Morgan fingerprint density at radius 2 is 1.89 bits per heavy atom. The van der Waals surface area contributed by atoms with Crippen LogP contribution in [0.15, 0.2) is 48.5 Å². The Balaban J connectivity index is 1.47. The van der Waals surface area contributed by atoms with E-state index in [0.29, 0.717) is 23.4 Å². The zero-order valence-electron chi connectivity index (χ0n) is 20.7. The molecule has 0 saturated heterocycles. The Hall–Kier alpha value is -4.21. The summed E-state index contributed by atoms with van der Waals surface area (Å²) in [5, 5.41) is 19.5. The van der Waals surface area contributed by atoms with Crippen molar-refractivity contribution in [3.63, 3.8) is 0 Å². The molecule has 0 radical (unpaired) electrons. The van der Waals surface area contributed by atoms with E-state index in [9.17, 15) is 9.59 Å². The lowest BCUT2D eigenvalue weighted by Gasteiger charge is -2.20. The summed E-state index contributed by atoms with van der Waals surface area (Å²) in [6.45, 7) is 7.42. The van der Waals surface area contributed by atoms with Crippen LogP contribution in [0.2, 0.25) is 0 Å². The van der Waals surface area contributed by atoms with Crippen molar-refractivity contribution >= 4 is 17.7 Å². The second-order valence-corrected chi connectivity index (χ2v) is 9.66. The molecular weight excluding hydrogens is 460 g/mol. The number of amidine groups is 1. The average Bonchev–Trinajstić information content (AvgIpc) is 3.39. The van der Waals surface area contributed by atoms with Gasteiger partial charge in [-0.2, -0.15) is 9.90 Å². The zero-order chi connectivity index (χ0) is 26.0. The van der Waals surface area contributed by atoms with Crippen LogP contribution in [0.3, 0.4) is 0 Å². The molecule has 2 atom stereocenters. The Morgan fingerprint density at radius 3 is 2.56 bits per heavy atom. The van der Waals surface area contributed by atoms with Crippen molar-refractivity contribution in [3.8, 4) is 11.4 Å². The molecule has 1 aliphatic heterocycles. The largest absolute Gasteiger partial charge is 0.482 e. The molecule has 36 heavy (non-hydrogen) atoms. The molecule has 4 N–H and O–H groups in total. The van der Waals surface area contributed by atoms with Crippen LogP contribution in [0.4, 0.5) is 0 Å². The molecule has 0 aliphatic carbocycles. The molecule has 1 aromatic heterocycles. The zero-order valence-corrected chi connectivity index (χ0v) is 20.7. The molecule has 4 rings (SSSR count). The number of hydrogen-bond donors (Lipinski definition) is 3. The van der Waals surface area contributed by atoms with Gasteiger partial charge in [-0.15, -0.1) is 5.10 Å². The number of aromatic nitrogens is 3. The maximum atomic E-state index is 12.8. The van der Waals surface area contributed by atoms with E-state index >= 15 is 0 Å². The van der Waals surface area contributed by atoms with Crippen LogP contribution < -0.4 is 15.8 Å². The van der Waals surface area contributed by atoms with E-state index < -0.39 is 17.7 Å². The number of nitrogens with two attached hydrogens (primary N) is 1. The first kappa shape index (κ1) is 24.9. The third kappa shape index (κ3) is 5.37. The SMILES string of the molecule is Cc1nn(-c2ccccc2)nc1C(=O)NCCC1c2cc(C(=O)OC(C)(C)C)ccc2OC1C(=N)N. The molecule has 1 aliphatic rings. The maximum Gasteiger partial charge on any atom is 0.338 e. The smallest absolute Gasteiger partial charge is 0.338 e. The molecule has 1 amide bonds. The van der Waals surface area contributed by atoms with E-state index in [-0.39, 0.29) is 29.9 Å². The highest BCUT2D eigenvalue weighted by molar-refractivity contribution is 5.93. The molecule has 10 heteroatoms. The van der Waals surface area contributed by atoms with Crippen LogP contribution in [0.1, 0.15) is 65.2 Å². The maximum absolute atomic E-state index is 12.8. The summed E-state index contributed by atoms with van der Waals surface area (Å²) < 4.78 is 11.4. The van der Waals surface area contributed by atoms with E-state index in [1.54, 1.807) is 45.9 Å². The molecule has 0 bridgehead atoms. The minimum absolute atomic E-state index is 0.122. The molecule has 2 heterocycles. The lowest BCUT2D eigenvalue weighted by molar-refractivity contribution is 0.00693. The fourth-order valence-corrected chi connectivity index (χ4v) is 4.07. The van der Waals surface area contributed by atoms with E-state index in [2.05, 4.69) is 15.5 Å². The molecule has 0 fully saturated rings. The summed E-state index contributed by atoms with van der Waals surface area (Å²) in [5.74, 6) is -0.680. The van der Waals surface area contributed by atoms with Gasteiger partial charge in [0.25, 0.3) is 5.91 Å². The first-order valence-corrected chi connectivity index (χ1v) is 11.7. The van der Waals surface area contributed by atoms with Crippen LogP contribution in [-0.2, 0) is 4.74 Å². The summed E-state index contributed by atoms with van der Waals surface area (Å²) in [7, 11) is 0. The second kappa shape index (κ2) is 9.80. The number of rotatable bonds is 7. The summed E-state index contributed by atoms with van der Waals surface area (Å²) in [6.07, 6.45) is -0.251. The van der Waals surface area contributed by atoms with Gasteiger partial charge in [0.05, 0.1) is 16.9 Å². The lowest BCUT2D eigenvalue weighted by Crippen LogP contribution is -2.36. The van der Waals surface area contributed by atoms with Gasteiger partial charge in [-0.3, -0.25) is 10.2 Å². The molecule has 10 nitrogen and oxygen atoms in total. The number of esters is 1. The highest BCUT2D eigenvalue weighted by Gasteiger charge is 2.37. The lowest BCUT2D eigenvalue weighted by atomic mass is 9.90. The van der Waals surface area contributed by atoms with Gasteiger partial charge >= 0.3 is 5.97 Å². The van der Waals surface area contributed by atoms with Gasteiger partial charge in [0.15, 0.2) is 11.8 Å². The summed E-state index contributed by atoms with van der Waals surface area (Å²) in [4.78, 5) is 26.8. The topological polar surface area (TPSA) is 145 Å². The van der Waals surface area contributed by atoms with Crippen LogP contribution in [0.25, 0.3) is 5.69 Å². The van der Waals surface area contributed by atoms with E-state index in [1.165, 1.54) is 4.80 Å². The standard InChI is InChI=1S/C26H30N6O4/c1-15-21(31-32(30-15)17-8-6-5-7-9-17)24(33)29-13-12-18-19-14-16(25(34)36-26(2,3)4)10-11-20(19)35-22(18)23(27)28/h5-11,14,18,22H,12-13H2,1-4H3,(H3,27,28)(H,29,33). The number of carbonyl (C=O) groups is 2. The van der Waals surface area contributed by atoms with E-state index in [1.807, 2.05) is 30.3 Å². The number of amides is 1. The monoisotopic (exact) mass is 490 g/mol. The highest BCUT2D eigenvalue weighted by Crippen LogP contribution is 2.41. The van der Waals surface area contributed by atoms with Crippen molar-refractivity contribution in [2.24, 2.45) is 5.73 Å². The van der Waals surface area contributed by atoms with Crippen molar-refractivity contribution < 1.29 is 19.1 Å². The Labute approximate surface area is 209 Å². The number of fused-ring (bicyclic) bond motifs is 1. The van der Waals surface area contributed by atoms with Crippen molar-refractivity contribution in [3.05, 3.63) is 71.0 Å². The number of para-hydroxylation sites is 1. The van der Waals surface area contributed by atoms with Crippen LogP contribution in [-0.4, -0.2) is 51.0 Å². The predicted octanol–water partition coefficient (Wildman–Crippen LogP) is 3.13. The fourth-order valence-electron chi connectivity index (χ4n) is 4.07. The van der Waals surface area contributed by atoms with Crippen LogP contribution in [0, 0.1) is 12.3 Å². The third-order valence-corrected chi connectivity index (χ3v) is 5.70. The molecule has 2 unspecified atom stereocenters. The van der Waals surface area contributed by atoms with E-state index in [0.717, 1.165) is 11.3 Å². The fraction of sp³-hybridized carbons (Fsp3) is 0.346. The third-order valence-electron chi connectivity index (χ3n) is 5.70. The van der Waals surface area contributed by atoms with Crippen LogP contribution in [0.5, 0.6) is 5.75 Å². The van der Waals surface area contributed by atoms with Gasteiger partial charge in [-0.05, 0) is 64.4 Å². The number of aryl methyl sites for hydroxylation is 1. The molecule has 2 aromatic carbocycles. The molecular formula is C26H30N6O4. The number of ether oxygens (including phenoxy) is 2.